The molecule has 0 spiro atoms. The lowest BCUT2D eigenvalue weighted by Crippen LogP contribution is -2.26. The summed E-state index contributed by atoms with van der Waals surface area (Å²) in [4.78, 5) is 13.5. The zero-order valence-electron chi connectivity index (χ0n) is 9.71. The molecule has 0 unspecified atom stereocenters. The van der Waals surface area contributed by atoms with Gasteiger partial charge in [-0.15, -0.1) is 0 Å². The molecule has 0 aliphatic carbocycles. The topological polar surface area (TPSA) is 98.8 Å². The third-order valence-corrected chi connectivity index (χ3v) is 2.50. The second kappa shape index (κ2) is 4.59. The van der Waals surface area contributed by atoms with Gasteiger partial charge in [0.1, 0.15) is 11.5 Å². The molecule has 18 heavy (non-hydrogen) atoms. The van der Waals surface area contributed by atoms with Crippen LogP contribution in [0.15, 0.2) is 30.3 Å². The minimum absolute atomic E-state index is 0.262. The van der Waals surface area contributed by atoms with E-state index in [1.807, 2.05) is 6.07 Å². The number of H-pyrrole nitrogens is 1. The third-order valence-electron chi connectivity index (χ3n) is 2.50. The van der Waals surface area contributed by atoms with Crippen molar-refractivity contribution in [1.29, 1.82) is 5.26 Å². The largest absolute Gasteiger partial charge is 0.382 e. The summed E-state index contributed by atoms with van der Waals surface area (Å²) >= 11 is 0. The number of amides is 1. The highest BCUT2D eigenvalue weighted by atomic mass is 16.2. The van der Waals surface area contributed by atoms with E-state index >= 15 is 0 Å². The van der Waals surface area contributed by atoms with E-state index in [2.05, 4.69) is 10.2 Å². The molecule has 0 atom stereocenters. The highest BCUT2D eigenvalue weighted by Crippen LogP contribution is 2.16. The molecule has 6 heteroatoms. The molecule has 1 amide bonds. The summed E-state index contributed by atoms with van der Waals surface area (Å²) in [7, 11) is 1.62. The van der Waals surface area contributed by atoms with Crippen LogP contribution in [0.2, 0.25) is 0 Å². The number of rotatable bonds is 2. The number of carbonyl (C=O) groups is 1. The second-order valence-electron chi connectivity index (χ2n) is 3.73. The summed E-state index contributed by atoms with van der Waals surface area (Å²) in [5.41, 5.74) is 6.88. The van der Waals surface area contributed by atoms with Crippen molar-refractivity contribution in [2.75, 3.05) is 17.7 Å². The fourth-order valence-corrected chi connectivity index (χ4v) is 1.53. The molecular weight excluding hydrogens is 230 g/mol. The molecule has 0 fully saturated rings. The van der Waals surface area contributed by atoms with Gasteiger partial charge in [0.15, 0.2) is 0 Å². The molecule has 0 radical (unpaired) electrons. The summed E-state index contributed by atoms with van der Waals surface area (Å²) in [5, 5.41) is 15.1. The number of nitrogens with zero attached hydrogens (tertiary/aromatic N) is 3. The minimum atomic E-state index is -0.269. The van der Waals surface area contributed by atoms with Gasteiger partial charge < -0.3 is 10.6 Å². The lowest BCUT2D eigenvalue weighted by atomic mass is 10.2. The number of hydrogen-bond donors (Lipinski definition) is 2. The molecule has 0 saturated carbocycles. The van der Waals surface area contributed by atoms with E-state index in [0.717, 1.165) is 0 Å². The van der Waals surface area contributed by atoms with Gasteiger partial charge in [-0.2, -0.15) is 10.4 Å². The van der Waals surface area contributed by atoms with Crippen LogP contribution in [0.3, 0.4) is 0 Å². The van der Waals surface area contributed by atoms with Crippen LogP contribution < -0.4 is 10.6 Å². The molecule has 1 aromatic carbocycles. The summed E-state index contributed by atoms with van der Waals surface area (Å²) in [6.07, 6.45) is 0. The number of carbonyl (C=O) groups excluding carboxylic acids is 1. The van der Waals surface area contributed by atoms with Gasteiger partial charge in [-0.1, -0.05) is 6.07 Å². The molecule has 0 aliphatic heterocycles. The van der Waals surface area contributed by atoms with Crippen molar-refractivity contribution in [2.24, 2.45) is 0 Å². The first-order chi connectivity index (χ1) is 8.61. The van der Waals surface area contributed by atoms with E-state index in [0.29, 0.717) is 16.9 Å². The van der Waals surface area contributed by atoms with Crippen LogP contribution in [0.25, 0.3) is 0 Å². The number of hydrogen-bond acceptors (Lipinski definition) is 4. The van der Waals surface area contributed by atoms with Crippen LogP contribution in [0.1, 0.15) is 16.1 Å². The average molecular weight is 241 g/mol. The van der Waals surface area contributed by atoms with Gasteiger partial charge in [-0.3, -0.25) is 9.89 Å². The Morgan fingerprint density at radius 2 is 2.28 bits per heavy atom. The highest BCUT2D eigenvalue weighted by molar-refractivity contribution is 6.04. The van der Waals surface area contributed by atoms with Crippen LogP contribution in [-0.2, 0) is 0 Å². The fourth-order valence-electron chi connectivity index (χ4n) is 1.53. The Hall–Kier alpha value is -2.81. The molecular formula is C12H11N5O. The lowest BCUT2D eigenvalue weighted by Gasteiger charge is -2.16. The molecule has 1 aromatic heterocycles. The average Bonchev–Trinajstić information content (AvgIpc) is 2.83. The van der Waals surface area contributed by atoms with Crippen LogP contribution >= 0.6 is 0 Å². The number of nitrogen functional groups attached to an aromatic ring is 1. The van der Waals surface area contributed by atoms with E-state index in [1.54, 1.807) is 31.3 Å². The van der Waals surface area contributed by atoms with Crippen molar-refractivity contribution < 1.29 is 4.79 Å². The van der Waals surface area contributed by atoms with Crippen LogP contribution in [0.4, 0.5) is 11.5 Å². The first-order valence-corrected chi connectivity index (χ1v) is 5.21. The van der Waals surface area contributed by atoms with Crippen molar-refractivity contribution in [3.63, 3.8) is 0 Å². The van der Waals surface area contributed by atoms with Crippen molar-refractivity contribution >= 4 is 17.4 Å². The summed E-state index contributed by atoms with van der Waals surface area (Å²) in [6, 6.07) is 10.3. The molecule has 6 nitrogen and oxygen atoms in total. The van der Waals surface area contributed by atoms with Gasteiger partial charge in [-0.05, 0) is 18.2 Å². The highest BCUT2D eigenvalue weighted by Gasteiger charge is 2.15. The predicted molar refractivity (Wildman–Crippen MR) is 66.9 cm³/mol. The Bertz CT molecular complexity index is 625. The molecule has 0 bridgehead atoms. The number of anilines is 2. The predicted octanol–water partition coefficient (Wildman–Crippen LogP) is 1.14. The lowest BCUT2D eigenvalue weighted by molar-refractivity contribution is 0.0988. The SMILES string of the molecule is CN(C(=O)c1cc(N)n[nH]1)c1cccc(C#N)c1. The van der Waals surface area contributed by atoms with Crippen molar-refractivity contribution in [2.45, 2.75) is 0 Å². The monoisotopic (exact) mass is 241 g/mol. The molecule has 3 N–H and O–H groups in total. The Balaban J connectivity index is 2.28. The zero-order valence-corrected chi connectivity index (χ0v) is 9.71. The minimum Gasteiger partial charge on any atom is -0.382 e. The molecule has 2 aromatic rings. The fraction of sp³-hybridized carbons (Fsp3) is 0.0833. The quantitative estimate of drug-likeness (QED) is 0.823. The zero-order chi connectivity index (χ0) is 13.1. The van der Waals surface area contributed by atoms with Gasteiger partial charge in [-0.25, -0.2) is 0 Å². The molecule has 0 saturated heterocycles. The molecule has 90 valence electrons. The smallest absolute Gasteiger partial charge is 0.276 e. The number of nitrogens with one attached hydrogen (secondary N) is 1. The maximum absolute atomic E-state index is 12.1. The molecule has 1 heterocycles. The Kier molecular flexibility index (Phi) is 2.98. The first kappa shape index (κ1) is 11.7. The van der Waals surface area contributed by atoms with Gasteiger partial charge in [0.25, 0.3) is 5.91 Å². The Morgan fingerprint density at radius 3 is 2.89 bits per heavy atom. The number of nitriles is 1. The number of nitrogens with two attached hydrogens (primary N) is 1. The van der Waals surface area contributed by atoms with Crippen LogP contribution in [-0.4, -0.2) is 23.2 Å². The van der Waals surface area contributed by atoms with Crippen molar-refractivity contribution in [3.05, 3.63) is 41.6 Å². The number of aromatic nitrogens is 2. The Labute approximate surface area is 104 Å². The summed E-state index contributed by atoms with van der Waals surface area (Å²) in [5.74, 6) is -0.00758. The normalized spacial score (nSPS) is 9.78. The van der Waals surface area contributed by atoms with Crippen LogP contribution in [0.5, 0.6) is 0 Å². The van der Waals surface area contributed by atoms with E-state index in [4.69, 9.17) is 11.0 Å². The number of benzene rings is 1. The van der Waals surface area contributed by atoms with Gasteiger partial charge in [0, 0.05) is 18.8 Å². The van der Waals surface area contributed by atoms with Crippen molar-refractivity contribution in [1.82, 2.24) is 10.2 Å². The second-order valence-corrected chi connectivity index (χ2v) is 3.73. The summed E-state index contributed by atoms with van der Waals surface area (Å²) < 4.78 is 0. The Morgan fingerprint density at radius 1 is 1.50 bits per heavy atom. The van der Waals surface area contributed by atoms with E-state index < -0.39 is 0 Å². The van der Waals surface area contributed by atoms with E-state index in [9.17, 15) is 4.79 Å². The molecule has 0 aliphatic rings. The maximum atomic E-state index is 12.1. The van der Waals surface area contributed by atoms with Gasteiger partial charge >= 0.3 is 0 Å². The number of aromatic amines is 1. The summed E-state index contributed by atoms with van der Waals surface area (Å²) in [6.45, 7) is 0. The van der Waals surface area contributed by atoms with Gasteiger partial charge in [0.2, 0.25) is 0 Å². The van der Waals surface area contributed by atoms with Crippen LogP contribution in [0, 0.1) is 11.3 Å². The van der Waals surface area contributed by atoms with E-state index in [1.165, 1.54) is 11.0 Å². The van der Waals surface area contributed by atoms with Gasteiger partial charge in [0.05, 0.1) is 11.6 Å². The third kappa shape index (κ3) is 2.15. The van der Waals surface area contributed by atoms with E-state index in [-0.39, 0.29) is 11.7 Å². The molecule has 2 rings (SSSR count). The first-order valence-electron chi connectivity index (χ1n) is 5.21. The van der Waals surface area contributed by atoms with Crippen molar-refractivity contribution in [3.8, 4) is 6.07 Å². The standard InChI is InChI=1S/C12H11N5O/c1-17(9-4-2-3-8(5-9)7-13)12(18)10-6-11(14)16-15-10/h2-6H,1H3,(H3,14,15,16). The maximum Gasteiger partial charge on any atom is 0.276 e.